The van der Waals surface area contributed by atoms with Gasteiger partial charge in [-0.1, -0.05) is 26.0 Å². The van der Waals surface area contributed by atoms with Gasteiger partial charge in [-0.3, -0.25) is 4.79 Å². The molecule has 0 spiro atoms. The fraction of sp³-hybridized carbons (Fsp3) is 0.611. The van der Waals surface area contributed by atoms with Gasteiger partial charge in [0, 0.05) is 44.8 Å². The third-order valence-electron chi connectivity index (χ3n) is 4.54. The highest BCUT2D eigenvalue weighted by molar-refractivity contribution is 5.76. The molecule has 4 heteroatoms. The molecular weight excluding hydrogens is 274 g/mol. The maximum atomic E-state index is 12.3. The number of hydrogen-bond acceptors (Lipinski definition) is 3. The number of benzene rings is 1. The van der Waals surface area contributed by atoms with Crippen molar-refractivity contribution in [1.29, 1.82) is 0 Å². The number of amides is 1. The summed E-state index contributed by atoms with van der Waals surface area (Å²) in [6, 6.07) is 8.60. The molecule has 1 aliphatic rings. The average molecular weight is 303 g/mol. The zero-order valence-electron chi connectivity index (χ0n) is 14.2. The molecule has 1 amide bonds. The lowest BCUT2D eigenvalue weighted by Crippen LogP contribution is -2.49. The van der Waals surface area contributed by atoms with E-state index in [1.54, 1.807) is 0 Å². The van der Waals surface area contributed by atoms with Crippen LogP contribution in [0.5, 0.6) is 0 Å². The van der Waals surface area contributed by atoms with Crippen LogP contribution in [0.1, 0.15) is 25.8 Å². The quantitative estimate of drug-likeness (QED) is 0.807. The van der Waals surface area contributed by atoms with Crippen LogP contribution in [0.4, 0.5) is 5.69 Å². The van der Waals surface area contributed by atoms with Crippen molar-refractivity contribution in [2.45, 2.75) is 27.2 Å². The highest BCUT2D eigenvalue weighted by Gasteiger charge is 2.21. The first-order valence-corrected chi connectivity index (χ1v) is 8.45. The second kappa shape index (κ2) is 8.18. The summed E-state index contributed by atoms with van der Waals surface area (Å²) >= 11 is 0. The molecule has 122 valence electrons. The summed E-state index contributed by atoms with van der Waals surface area (Å²) in [5.41, 5.74) is 2.56. The topological polar surface area (TPSA) is 26.8 Å². The molecule has 2 rings (SSSR count). The SMILES string of the molecule is CCN(CC)CCC(=O)N1CCN(c2cccc(C)c2)CC1. The minimum absolute atomic E-state index is 0.302. The van der Waals surface area contributed by atoms with E-state index in [4.69, 9.17) is 0 Å². The standard InChI is InChI=1S/C18H29N3O/c1-4-19(5-2)10-9-18(22)21-13-11-20(12-14-21)17-8-6-7-16(3)15-17/h6-8,15H,4-5,9-14H2,1-3H3. The lowest BCUT2D eigenvalue weighted by molar-refractivity contribution is -0.131. The summed E-state index contributed by atoms with van der Waals surface area (Å²) in [5, 5.41) is 0. The van der Waals surface area contributed by atoms with Crippen molar-refractivity contribution in [3.05, 3.63) is 29.8 Å². The molecule has 0 saturated carbocycles. The normalized spacial score (nSPS) is 15.5. The van der Waals surface area contributed by atoms with Crippen LogP contribution in [-0.2, 0) is 4.79 Å². The van der Waals surface area contributed by atoms with E-state index in [2.05, 4.69) is 54.8 Å². The Kier molecular flexibility index (Phi) is 6.25. The van der Waals surface area contributed by atoms with Gasteiger partial charge in [0.2, 0.25) is 5.91 Å². The second-order valence-corrected chi connectivity index (χ2v) is 5.98. The summed E-state index contributed by atoms with van der Waals surface area (Å²) in [4.78, 5) is 19.0. The van der Waals surface area contributed by atoms with E-state index in [1.165, 1.54) is 11.3 Å². The predicted molar refractivity (Wildman–Crippen MR) is 92.4 cm³/mol. The van der Waals surface area contributed by atoms with Crippen LogP contribution in [0, 0.1) is 6.92 Å². The molecular formula is C18H29N3O. The molecule has 0 radical (unpaired) electrons. The third kappa shape index (κ3) is 4.47. The summed E-state index contributed by atoms with van der Waals surface area (Å²) in [6.45, 7) is 12.9. The van der Waals surface area contributed by atoms with Gasteiger partial charge < -0.3 is 14.7 Å². The summed E-state index contributed by atoms with van der Waals surface area (Å²) in [7, 11) is 0. The summed E-state index contributed by atoms with van der Waals surface area (Å²) in [6.07, 6.45) is 0.645. The number of nitrogens with zero attached hydrogens (tertiary/aromatic N) is 3. The van der Waals surface area contributed by atoms with Crippen LogP contribution in [0.2, 0.25) is 0 Å². The first-order chi connectivity index (χ1) is 10.6. The Morgan fingerprint density at radius 1 is 1.14 bits per heavy atom. The van der Waals surface area contributed by atoms with Crippen molar-refractivity contribution in [2.24, 2.45) is 0 Å². The highest BCUT2D eigenvalue weighted by atomic mass is 16.2. The van der Waals surface area contributed by atoms with Gasteiger partial charge in [0.25, 0.3) is 0 Å². The van der Waals surface area contributed by atoms with Crippen molar-refractivity contribution in [3.63, 3.8) is 0 Å². The Labute approximate surface area is 134 Å². The largest absolute Gasteiger partial charge is 0.368 e. The molecule has 0 bridgehead atoms. The van der Waals surface area contributed by atoms with Gasteiger partial charge in [0.15, 0.2) is 0 Å². The van der Waals surface area contributed by atoms with E-state index in [1.807, 2.05) is 4.90 Å². The van der Waals surface area contributed by atoms with E-state index in [0.29, 0.717) is 12.3 Å². The highest BCUT2D eigenvalue weighted by Crippen LogP contribution is 2.18. The molecule has 0 aliphatic carbocycles. The van der Waals surface area contributed by atoms with Gasteiger partial charge in [-0.05, 0) is 37.7 Å². The van der Waals surface area contributed by atoms with E-state index in [0.717, 1.165) is 45.8 Å². The third-order valence-corrected chi connectivity index (χ3v) is 4.54. The fourth-order valence-electron chi connectivity index (χ4n) is 2.99. The fourth-order valence-corrected chi connectivity index (χ4v) is 2.99. The van der Waals surface area contributed by atoms with Gasteiger partial charge in [-0.2, -0.15) is 0 Å². The predicted octanol–water partition coefficient (Wildman–Crippen LogP) is 2.38. The van der Waals surface area contributed by atoms with Crippen LogP contribution in [0.3, 0.4) is 0 Å². The Bertz CT molecular complexity index is 477. The Balaban J connectivity index is 1.80. The minimum Gasteiger partial charge on any atom is -0.368 e. The van der Waals surface area contributed by atoms with Crippen molar-refractivity contribution < 1.29 is 4.79 Å². The first-order valence-electron chi connectivity index (χ1n) is 8.45. The number of rotatable bonds is 6. The minimum atomic E-state index is 0.302. The number of piperazine rings is 1. The molecule has 0 aromatic heterocycles. The zero-order chi connectivity index (χ0) is 15.9. The number of carbonyl (C=O) groups excluding carboxylic acids is 1. The van der Waals surface area contributed by atoms with Crippen molar-refractivity contribution in [1.82, 2.24) is 9.80 Å². The molecule has 4 nitrogen and oxygen atoms in total. The maximum absolute atomic E-state index is 12.3. The smallest absolute Gasteiger partial charge is 0.223 e. The van der Waals surface area contributed by atoms with Crippen LogP contribution in [0.15, 0.2) is 24.3 Å². The first kappa shape index (κ1) is 16.8. The Hall–Kier alpha value is -1.55. The monoisotopic (exact) mass is 303 g/mol. The second-order valence-electron chi connectivity index (χ2n) is 5.98. The van der Waals surface area contributed by atoms with Gasteiger partial charge in [0.1, 0.15) is 0 Å². The van der Waals surface area contributed by atoms with Gasteiger partial charge in [-0.15, -0.1) is 0 Å². The molecule has 0 unspecified atom stereocenters. The Morgan fingerprint density at radius 2 is 1.82 bits per heavy atom. The van der Waals surface area contributed by atoms with E-state index < -0.39 is 0 Å². The molecule has 1 aromatic carbocycles. The Morgan fingerprint density at radius 3 is 2.41 bits per heavy atom. The van der Waals surface area contributed by atoms with Crippen molar-refractivity contribution in [2.75, 3.05) is 50.7 Å². The van der Waals surface area contributed by atoms with Crippen LogP contribution < -0.4 is 4.90 Å². The van der Waals surface area contributed by atoms with Crippen LogP contribution in [-0.4, -0.2) is 61.5 Å². The molecule has 22 heavy (non-hydrogen) atoms. The van der Waals surface area contributed by atoms with Crippen LogP contribution >= 0.6 is 0 Å². The van der Waals surface area contributed by atoms with Crippen molar-refractivity contribution >= 4 is 11.6 Å². The zero-order valence-corrected chi connectivity index (χ0v) is 14.2. The number of anilines is 1. The molecule has 1 saturated heterocycles. The number of aryl methyl sites for hydroxylation is 1. The van der Waals surface area contributed by atoms with Gasteiger partial charge >= 0.3 is 0 Å². The average Bonchev–Trinajstić information content (AvgIpc) is 2.56. The summed E-state index contributed by atoms with van der Waals surface area (Å²) < 4.78 is 0. The lowest BCUT2D eigenvalue weighted by Gasteiger charge is -2.36. The molecule has 1 heterocycles. The maximum Gasteiger partial charge on any atom is 0.223 e. The van der Waals surface area contributed by atoms with Gasteiger partial charge in [-0.25, -0.2) is 0 Å². The van der Waals surface area contributed by atoms with E-state index >= 15 is 0 Å². The molecule has 1 fully saturated rings. The molecule has 1 aromatic rings. The van der Waals surface area contributed by atoms with Gasteiger partial charge in [0.05, 0.1) is 0 Å². The number of carbonyl (C=O) groups is 1. The van der Waals surface area contributed by atoms with E-state index in [-0.39, 0.29) is 0 Å². The number of hydrogen-bond donors (Lipinski definition) is 0. The lowest BCUT2D eigenvalue weighted by atomic mass is 10.2. The van der Waals surface area contributed by atoms with Crippen LogP contribution in [0.25, 0.3) is 0 Å². The van der Waals surface area contributed by atoms with E-state index in [9.17, 15) is 4.79 Å². The summed E-state index contributed by atoms with van der Waals surface area (Å²) in [5.74, 6) is 0.302. The van der Waals surface area contributed by atoms with Crippen molar-refractivity contribution in [3.8, 4) is 0 Å². The molecule has 1 aliphatic heterocycles. The molecule has 0 atom stereocenters. The molecule has 0 N–H and O–H groups in total.